The number of phenolic OH excluding ortho intramolecular Hbond substituents is 1. The number of carbonyl (C=O) groups excluding carboxylic acids is 1. The molecule has 2 aromatic carbocycles. The third kappa shape index (κ3) is 5.09. The van der Waals surface area contributed by atoms with Crippen LogP contribution in [0.4, 0.5) is 0 Å². The molecular weight excluding hydrogens is 394 g/mol. The van der Waals surface area contributed by atoms with Crippen molar-refractivity contribution >= 4 is 21.6 Å². The molecule has 3 rings (SSSR count). The molecule has 0 saturated carbocycles. The SMILES string of the molecule is CC(=NNC(=O)c1ccccc1O)c1ccc(S(=O)(=O)NCc2ccco2)cc1. The lowest BCUT2D eigenvalue weighted by molar-refractivity contribution is 0.0952. The van der Waals surface area contributed by atoms with Crippen molar-refractivity contribution in [3.05, 3.63) is 83.8 Å². The Kier molecular flexibility index (Phi) is 6.10. The number of hydrogen-bond donors (Lipinski definition) is 3. The Morgan fingerprint density at radius 3 is 2.45 bits per heavy atom. The molecule has 3 N–H and O–H groups in total. The summed E-state index contributed by atoms with van der Waals surface area (Å²) >= 11 is 0. The molecule has 0 saturated heterocycles. The normalized spacial score (nSPS) is 12.0. The van der Waals surface area contributed by atoms with Gasteiger partial charge in [-0.2, -0.15) is 5.10 Å². The molecule has 0 fully saturated rings. The van der Waals surface area contributed by atoms with E-state index in [0.717, 1.165) is 0 Å². The van der Waals surface area contributed by atoms with Gasteiger partial charge >= 0.3 is 0 Å². The molecule has 0 radical (unpaired) electrons. The van der Waals surface area contributed by atoms with E-state index >= 15 is 0 Å². The molecule has 1 aromatic heterocycles. The first-order valence-electron chi connectivity index (χ1n) is 8.62. The molecule has 0 aliphatic rings. The van der Waals surface area contributed by atoms with Gasteiger partial charge in [-0.1, -0.05) is 24.3 Å². The highest BCUT2D eigenvalue weighted by Crippen LogP contribution is 2.15. The predicted molar refractivity (Wildman–Crippen MR) is 107 cm³/mol. The summed E-state index contributed by atoms with van der Waals surface area (Å²) in [5.41, 5.74) is 3.58. The maximum atomic E-state index is 12.3. The van der Waals surface area contributed by atoms with E-state index in [1.54, 1.807) is 43.3 Å². The van der Waals surface area contributed by atoms with Crippen LogP contribution < -0.4 is 10.1 Å². The molecule has 0 aliphatic carbocycles. The average molecular weight is 413 g/mol. The fraction of sp³-hybridized carbons (Fsp3) is 0.100. The summed E-state index contributed by atoms with van der Waals surface area (Å²) in [6.45, 7) is 1.72. The Morgan fingerprint density at radius 1 is 1.07 bits per heavy atom. The van der Waals surface area contributed by atoms with Gasteiger partial charge < -0.3 is 9.52 Å². The first-order chi connectivity index (χ1) is 13.9. The lowest BCUT2D eigenvalue weighted by Gasteiger charge is -2.07. The van der Waals surface area contributed by atoms with E-state index in [-0.39, 0.29) is 22.8 Å². The number of hydrogen-bond acceptors (Lipinski definition) is 6. The molecule has 9 heteroatoms. The zero-order chi connectivity index (χ0) is 20.9. The Morgan fingerprint density at radius 2 is 1.79 bits per heavy atom. The highest BCUT2D eigenvalue weighted by molar-refractivity contribution is 7.89. The van der Waals surface area contributed by atoms with Crippen LogP contribution in [0, 0.1) is 0 Å². The summed E-state index contributed by atoms with van der Waals surface area (Å²) < 4.78 is 32.3. The van der Waals surface area contributed by atoms with E-state index in [2.05, 4.69) is 15.2 Å². The van der Waals surface area contributed by atoms with E-state index in [9.17, 15) is 18.3 Å². The molecule has 29 heavy (non-hydrogen) atoms. The molecule has 0 atom stereocenters. The van der Waals surface area contributed by atoms with Crippen LogP contribution in [0.15, 0.2) is 81.3 Å². The van der Waals surface area contributed by atoms with Crippen LogP contribution in [-0.2, 0) is 16.6 Å². The van der Waals surface area contributed by atoms with Crippen molar-refractivity contribution in [1.29, 1.82) is 0 Å². The highest BCUT2D eigenvalue weighted by Gasteiger charge is 2.15. The molecular formula is C20H19N3O5S. The monoisotopic (exact) mass is 413 g/mol. The number of aromatic hydroxyl groups is 1. The minimum atomic E-state index is -3.69. The number of amides is 1. The molecule has 0 aliphatic heterocycles. The average Bonchev–Trinajstić information content (AvgIpc) is 3.24. The van der Waals surface area contributed by atoms with E-state index in [1.807, 2.05) is 0 Å². The van der Waals surface area contributed by atoms with E-state index in [4.69, 9.17) is 4.42 Å². The van der Waals surface area contributed by atoms with Crippen molar-refractivity contribution in [3.8, 4) is 5.75 Å². The number of hydrazone groups is 1. The lowest BCUT2D eigenvalue weighted by Crippen LogP contribution is -2.23. The highest BCUT2D eigenvalue weighted by atomic mass is 32.2. The Bertz CT molecular complexity index is 1120. The zero-order valence-corrected chi connectivity index (χ0v) is 16.3. The van der Waals surface area contributed by atoms with Crippen molar-refractivity contribution in [2.75, 3.05) is 0 Å². The first-order valence-corrected chi connectivity index (χ1v) is 10.1. The van der Waals surface area contributed by atoms with Crippen LogP contribution in [0.2, 0.25) is 0 Å². The summed E-state index contributed by atoms with van der Waals surface area (Å²) in [7, 11) is -3.69. The minimum Gasteiger partial charge on any atom is -0.507 e. The van der Waals surface area contributed by atoms with Crippen LogP contribution in [0.3, 0.4) is 0 Å². The smallest absolute Gasteiger partial charge is 0.275 e. The second-order valence-electron chi connectivity index (χ2n) is 6.08. The Hall–Kier alpha value is -3.43. The van der Waals surface area contributed by atoms with Gasteiger partial charge in [-0.05, 0) is 48.9 Å². The van der Waals surface area contributed by atoms with Crippen LogP contribution in [0.5, 0.6) is 5.75 Å². The molecule has 0 spiro atoms. The van der Waals surface area contributed by atoms with Crippen molar-refractivity contribution in [3.63, 3.8) is 0 Å². The standard InChI is InChI=1S/C20H19N3O5S/c1-14(22-23-20(25)18-6-2-3-7-19(18)24)15-8-10-17(11-9-15)29(26,27)21-13-16-5-4-12-28-16/h2-12,21,24H,13H2,1H3,(H,23,25). The van der Waals surface area contributed by atoms with Gasteiger partial charge in [-0.25, -0.2) is 18.6 Å². The lowest BCUT2D eigenvalue weighted by atomic mass is 10.1. The summed E-state index contributed by atoms with van der Waals surface area (Å²) in [6, 6.07) is 15.6. The van der Waals surface area contributed by atoms with Gasteiger partial charge in [0.25, 0.3) is 5.91 Å². The summed E-state index contributed by atoms with van der Waals surface area (Å²) in [6.07, 6.45) is 1.47. The molecule has 0 unspecified atom stereocenters. The fourth-order valence-corrected chi connectivity index (χ4v) is 3.46. The second kappa shape index (κ2) is 8.72. The number of phenols is 1. The molecule has 1 amide bonds. The van der Waals surface area contributed by atoms with E-state index in [1.165, 1.54) is 30.5 Å². The maximum absolute atomic E-state index is 12.3. The van der Waals surface area contributed by atoms with E-state index in [0.29, 0.717) is 17.0 Å². The van der Waals surface area contributed by atoms with Gasteiger partial charge in [0, 0.05) is 0 Å². The van der Waals surface area contributed by atoms with Crippen LogP contribution in [0.1, 0.15) is 28.6 Å². The van der Waals surface area contributed by atoms with Crippen LogP contribution in [0.25, 0.3) is 0 Å². The Balaban J connectivity index is 1.66. The third-order valence-electron chi connectivity index (χ3n) is 4.07. The van der Waals surface area contributed by atoms with Crippen molar-refractivity contribution in [2.24, 2.45) is 5.10 Å². The van der Waals surface area contributed by atoms with Crippen molar-refractivity contribution in [2.45, 2.75) is 18.4 Å². The van der Waals surface area contributed by atoms with Crippen LogP contribution >= 0.6 is 0 Å². The van der Waals surface area contributed by atoms with Gasteiger partial charge in [-0.15, -0.1) is 0 Å². The maximum Gasteiger partial charge on any atom is 0.275 e. The van der Waals surface area contributed by atoms with Gasteiger partial charge in [0.2, 0.25) is 10.0 Å². The fourth-order valence-electron chi connectivity index (χ4n) is 2.46. The number of benzene rings is 2. The summed E-state index contributed by atoms with van der Waals surface area (Å²) in [4.78, 5) is 12.2. The second-order valence-corrected chi connectivity index (χ2v) is 7.85. The number of nitrogens with zero attached hydrogens (tertiary/aromatic N) is 1. The number of nitrogens with one attached hydrogen (secondary N) is 2. The van der Waals surface area contributed by atoms with Gasteiger partial charge in [0.1, 0.15) is 11.5 Å². The van der Waals surface area contributed by atoms with E-state index < -0.39 is 15.9 Å². The molecule has 8 nitrogen and oxygen atoms in total. The van der Waals surface area contributed by atoms with Gasteiger partial charge in [0.05, 0.1) is 29.0 Å². The first kappa shape index (κ1) is 20.3. The predicted octanol–water partition coefficient (Wildman–Crippen LogP) is 2.62. The topological polar surface area (TPSA) is 121 Å². The van der Waals surface area contributed by atoms with Crippen molar-refractivity contribution < 1.29 is 22.7 Å². The Labute approximate surface area is 167 Å². The molecule has 0 bridgehead atoms. The minimum absolute atomic E-state index is 0.0515. The van der Waals surface area contributed by atoms with Gasteiger partial charge in [0.15, 0.2) is 0 Å². The third-order valence-corrected chi connectivity index (χ3v) is 5.49. The van der Waals surface area contributed by atoms with Gasteiger partial charge in [-0.3, -0.25) is 4.79 Å². The molecule has 3 aromatic rings. The largest absolute Gasteiger partial charge is 0.507 e. The number of rotatable bonds is 7. The molecule has 150 valence electrons. The summed E-state index contributed by atoms with van der Waals surface area (Å²) in [5, 5.41) is 13.7. The summed E-state index contributed by atoms with van der Waals surface area (Å²) in [5.74, 6) is -0.188. The number of sulfonamides is 1. The van der Waals surface area contributed by atoms with Crippen molar-refractivity contribution in [1.82, 2.24) is 10.1 Å². The molecule has 1 heterocycles. The number of carbonyl (C=O) groups is 1. The number of furan rings is 1. The quantitative estimate of drug-likeness (QED) is 0.406. The number of para-hydroxylation sites is 1. The zero-order valence-electron chi connectivity index (χ0n) is 15.5. The van der Waals surface area contributed by atoms with Crippen LogP contribution in [-0.4, -0.2) is 25.1 Å².